The van der Waals surface area contributed by atoms with E-state index in [9.17, 15) is 22.8 Å². The van der Waals surface area contributed by atoms with Gasteiger partial charge < -0.3 is 20.3 Å². The number of carboxylic acid groups (broad SMARTS) is 1. The van der Waals surface area contributed by atoms with Gasteiger partial charge in [-0.3, -0.25) is 9.78 Å². The number of aryl methyl sites for hydroxylation is 1. The molecule has 0 bridgehead atoms. The highest BCUT2D eigenvalue weighted by atomic mass is 19.4. The van der Waals surface area contributed by atoms with Crippen LogP contribution in [0, 0.1) is 0 Å². The third-order valence-corrected chi connectivity index (χ3v) is 4.20. The van der Waals surface area contributed by atoms with E-state index in [0.29, 0.717) is 29.7 Å². The lowest BCUT2D eigenvalue weighted by atomic mass is 10.1. The first-order chi connectivity index (χ1) is 12.2. The normalized spacial score (nSPS) is 16.2. The number of rotatable bonds is 3. The Morgan fingerprint density at radius 3 is 2.77 bits per heavy atom. The molecule has 1 atom stereocenters. The predicted octanol–water partition coefficient (Wildman–Crippen LogP) is 2.95. The molecule has 10 heteroatoms. The molecular weight excluding hydrogens is 353 g/mol. The molecule has 138 valence electrons. The second-order valence-corrected chi connectivity index (χ2v) is 5.94. The van der Waals surface area contributed by atoms with E-state index in [1.54, 1.807) is 17.8 Å². The molecule has 2 aromatic rings. The van der Waals surface area contributed by atoms with Crippen molar-refractivity contribution in [3.63, 3.8) is 0 Å². The first kappa shape index (κ1) is 17.8. The van der Waals surface area contributed by atoms with Crippen LogP contribution in [0.2, 0.25) is 0 Å². The lowest BCUT2D eigenvalue weighted by Gasteiger charge is -2.10. The maximum atomic E-state index is 12.7. The maximum Gasteiger partial charge on any atom is 0.433 e. The van der Waals surface area contributed by atoms with Crippen molar-refractivity contribution < 1.29 is 27.9 Å². The predicted molar refractivity (Wildman–Crippen MR) is 84.8 cm³/mol. The number of carbonyl (C=O) groups excluding carboxylic acids is 1. The van der Waals surface area contributed by atoms with E-state index in [0.717, 1.165) is 12.3 Å². The van der Waals surface area contributed by atoms with E-state index in [4.69, 9.17) is 5.11 Å². The fraction of sp³-hybridized carbons (Fsp3) is 0.312. The molecule has 1 unspecified atom stereocenters. The number of fused-ring (bicyclic) bond motifs is 1. The van der Waals surface area contributed by atoms with Gasteiger partial charge >= 0.3 is 12.3 Å². The van der Waals surface area contributed by atoms with Crippen molar-refractivity contribution >= 4 is 17.7 Å². The first-order valence-electron chi connectivity index (χ1n) is 7.69. The van der Waals surface area contributed by atoms with E-state index in [1.807, 2.05) is 0 Å². The van der Waals surface area contributed by atoms with Gasteiger partial charge in [-0.1, -0.05) is 0 Å². The lowest BCUT2D eigenvalue weighted by molar-refractivity contribution is -0.141. The summed E-state index contributed by atoms with van der Waals surface area (Å²) in [5.41, 5.74) is 0.559. The van der Waals surface area contributed by atoms with Gasteiger partial charge in [0.25, 0.3) is 5.91 Å². The highest BCUT2D eigenvalue weighted by molar-refractivity contribution is 6.04. The maximum absolute atomic E-state index is 12.7. The molecular formula is C16H15F3N4O3. The molecule has 0 aromatic carbocycles. The Bertz CT molecular complexity index is 876. The number of alkyl halides is 3. The van der Waals surface area contributed by atoms with Gasteiger partial charge in [-0.25, -0.2) is 4.79 Å². The molecule has 0 spiro atoms. The van der Waals surface area contributed by atoms with Gasteiger partial charge in [0.1, 0.15) is 11.4 Å². The van der Waals surface area contributed by atoms with Crippen LogP contribution in [0.15, 0.2) is 24.5 Å². The van der Waals surface area contributed by atoms with Gasteiger partial charge in [0.15, 0.2) is 0 Å². The zero-order valence-corrected chi connectivity index (χ0v) is 13.6. The molecule has 1 aliphatic carbocycles. The Hall–Kier alpha value is -3.04. The van der Waals surface area contributed by atoms with E-state index >= 15 is 0 Å². The Kier molecular flexibility index (Phi) is 4.34. The number of nitrogens with zero attached hydrogens (tertiary/aromatic N) is 2. The zero-order chi connectivity index (χ0) is 19.1. The summed E-state index contributed by atoms with van der Waals surface area (Å²) in [5, 5.41) is 13.7. The fourth-order valence-electron chi connectivity index (χ4n) is 3.16. The van der Waals surface area contributed by atoms with E-state index in [2.05, 4.69) is 15.6 Å². The van der Waals surface area contributed by atoms with Crippen LogP contribution in [0.25, 0.3) is 0 Å². The molecule has 7 nitrogen and oxygen atoms in total. The van der Waals surface area contributed by atoms with Crippen LogP contribution in [-0.2, 0) is 19.6 Å². The summed E-state index contributed by atoms with van der Waals surface area (Å²) < 4.78 is 39.8. The number of amides is 2. The van der Waals surface area contributed by atoms with Crippen LogP contribution in [0.3, 0.4) is 0 Å². The molecule has 0 fully saturated rings. The lowest BCUT2D eigenvalue weighted by Crippen LogP contribution is -2.24. The van der Waals surface area contributed by atoms with Gasteiger partial charge in [-0.2, -0.15) is 13.2 Å². The van der Waals surface area contributed by atoms with Gasteiger partial charge in [-0.15, -0.1) is 0 Å². The Morgan fingerprint density at radius 2 is 2.12 bits per heavy atom. The summed E-state index contributed by atoms with van der Waals surface area (Å²) in [6.07, 6.45) is -2.12. The van der Waals surface area contributed by atoms with Crippen molar-refractivity contribution in [3.8, 4) is 0 Å². The van der Waals surface area contributed by atoms with Crippen LogP contribution >= 0.6 is 0 Å². The van der Waals surface area contributed by atoms with Crippen molar-refractivity contribution in [3.05, 3.63) is 47.0 Å². The molecule has 0 saturated carbocycles. The summed E-state index contributed by atoms with van der Waals surface area (Å²) in [6.45, 7) is 0. The standard InChI is InChI=1S/C16H15F3N4O3/c1-23-7-10-9(2-3-11(10)22-15(25)26)13(23)14(24)21-8-4-5-20-12(6-8)16(17,18)19/h4-7,11,22H,2-3H2,1H3,(H,25,26)(H,20,21,24). The van der Waals surface area contributed by atoms with Gasteiger partial charge in [0.05, 0.1) is 6.04 Å². The monoisotopic (exact) mass is 368 g/mol. The zero-order valence-electron chi connectivity index (χ0n) is 13.6. The molecule has 2 heterocycles. The highest BCUT2D eigenvalue weighted by Gasteiger charge is 2.33. The van der Waals surface area contributed by atoms with Gasteiger partial charge in [0.2, 0.25) is 0 Å². The minimum Gasteiger partial charge on any atom is -0.465 e. The van der Waals surface area contributed by atoms with Crippen molar-refractivity contribution in [1.82, 2.24) is 14.9 Å². The van der Waals surface area contributed by atoms with Gasteiger partial charge in [-0.05, 0) is 36.1 Å². The molecule has 0 radical (unpaired) electrons. The minimum atomic E-state index is -4.61. The van der Waals surface area contributed by atoms with Gasteiger partial charge in [0, 0.05) is 25.1 Å². The van der Waals surface area contributed by atoms with Crippen LogP contribution in [0.1, 0.15) is 39.8 Å². The number of nitrogens with one attached hydrogen (secondary N) is 2. The highest BCUT2D eigenvalue weighted by Crippen LogP contribution is 2.35. The van der Waals surface area contributed by atoms with Crippen LogP contribution < -0.4 is 10.6 Å². The molecule has 3 rings (SSSR count). The summed E-state index contributed by atoms with van der Waals surface area (Å²) in [7, 11) is 1.62. The largest absolute Gasteiger partial charge is 0.465 e. The fourth-order valence-corrected chi connectivity index (χ4v) is 3.16. The molecule has 2 aromatic heterocycles. The molecule has 1 aliphatic rings. The summed E-state index contributed by atoms with van der Waals surface area (Å²) in [4.78, 5) is 26.7. The number of anilines is 1. The number of halogens is 3. The van der Waals surface area contributed by atoms with Crippen molar-refractivity contribution in [1.29, 1.82) is 0 Å². The second-order valence-electron chi connectivity index (χ2n) is 5.94. The molecule has 0 aliphatic heterocycles. The van der Waals surface area contributed by atoms with E-state index in [1.165, 1.54) is 6.07 Å². The Labute approximate surface area is 145 Å². The van der Waals surface area contributed by atoms with Crippen molar-refractivity contribution in [2.24, 2.45) is 7.05 Å². The second kappa shape index (κ2) is 6.36. The molecule has 3 N–H and O–H groups in total. The number of hydrogen-bond acceptors (Lipinski definition) is 3. The Morgan fingerprint density at radius 1 is 1.38 bits per heavy atom. The number of aromatic nitrogens is 2. The first-order valence-corrected chi connectivity index (χ1v) is 7.69. The summed E-state index contributed by atoms with van der Waals surface area (Å²) in [5.74, 6) is -0.566. The molecule has 26 heavy (non-hydrogen) atoms. The molecule has 0 saturated heterocycles. The number of carbonyl (C=O) groups is 2. The quantitative estimate of drug-likeness (QED) is 0.776. The van der Waals surface area contributed by atoms with E-state index in [-0.39, 0.29) is 5.69 Å². The SMILES string of the molecule is Cn1cc2c(c1C(=O)Nc1ccnc(C(F)(F)F)c1)CCC2NC(=O)O. The van der Waals surface area contributed by atoms with Crippen LogP contribution in [0.4, 0.5) is 23.7 Å². The number of hydrogen-bond donors (Lipinski definition) is 3. The van der Waals surface area contributed by atoms with Crippen LogP contribution in [0.5, 0.6) is 0 Å². The smallest absolute Gasteiger partial charge is 0.433 e. The number of pyridine rings is 1. The Balaban J connectivity index is 1.85. The minimum absolute atomic E-state index is 0.0227. The van der Waals surface area contributed by atoms with Crippen LogP contribution in [-0.4, -0.2) is 26.7 Å². The van der Waals surface area contributed by atoms with Crippen molar-refractivity contribution in [2.75, 3.05) is 5.32 Å². The average molecular weight is 368 g/mol. The summed E-state index contributed by atoms with van der Waals surface area (Å²) >= 11 is 0. The third kappa shape index (κ3) is 3.35. The average Bonchev–Trinajstić information content (AvgIpc) is 3.05. The van der Waals surface area contributed by atoms with Crippen molar-refractivity contribution in [2.45, 2.75) is 25.1 Å². The third-order valence-electron chi connectivity index (χ3n) is 4.20. The van der Waals surface area contributed by atoms with E-state index < -0.39 is 29.9 Å². The molecule has 2 amide bonds. The summed E-state index contributed by atoms with van der Waals surface area (Å²) in [6, 6.07) is 1.62. The topological polar surface area (TPSA) is 96.3 Å².